The Hall–Kier alpha value is -2.21. The number of alkyl halides is 2. The van der Waals surface area contributed by atoms with Crippen molar-refractivity contribution in [3.05, 3.63) is 53.9 Å². The first-order chi connectivity index (χ1) is 9.61. The first-order valence-corrected chi connectivity index (χ1v) is 5.91. The molecule has 0 fully saturated rings. The highest BCUT2D eigenvalue weighted by atomic mass is 19.3. The van der Waals surface area contributed by atoms with Gasteiger partial charge < -0.3 is 15.2 Å². The smallest absolute Gasteiger partial charge is 0.387 e. The topological polar surface area (TPSA) is 57.4 Å². The van der Waals surface area contributed by atoms with Crippen LogP contribution in [0.2, 0.25) is 0 Å². The van der Waals surface area contributed by atoms with Crippen molar-refractivity contribution in [3.63, 3.8) is 0 Å². The standard InChI is InChI=1S/C14H14F2N2O2/c1-19-11-6-3-7-18-13(11)12(17)9-4-2-5-10(8-9)20-14(15)16/h2-8,12,14H,17H2,1H3. The Morgan fingerprint density at radius 3 is 2.70 bits per heavy atom. The van der Waals surface area contributed by atoms with Crippen LogP contribution < -0.4 is 15.2 Å². The second-order valence-corrected chi connectivity index (χ2v) is 4.02. The van der Waals surface area contributed by atoms with Crippen LogP contribution in [0.5, 0.6) is 11.5 Å². The third-order valence-electron chi connectivity index (χ3n) is 2.76. The molecule has 4 nitrogen and oxygen atoms in total. The Morgan fingerprint density at radius 2 is 2.00 bits per heavy atom. The Morgan fingerprint density at radius 1 is 1.20 bits per heavy atom. The summed E-state index contributed by atoms with van der Waals surface area (Å²) in [7, 11) is 1.52. The summed E-state index contributed by atoms with van der Waals surface area (Å²) >= 11 is 0. The van der Waals surface area contributed by atoms with E-state index in [1.54, 1.807) is 30.5 Å². The Kier molecular flexibility index (Phi) is 4.47. The summed E-state index contributed by atoms with van der Waals surface area (Å²) in [4.78, 5) is 4.18. The zero-order valence-corrected chi connectivity index (χ0v) is 10.8. The van der Waals surface area contributed by atoms with Crippen molar-refractivity contribution in [1.29, 1.82) is 0 Å². The summed E-state index contributed by atoms with van der Waals surface area (Å²) in [6, 6.07) is 9.10. The van der Waals surface area contributed by atoms with Gasteiger partial charge in [0.05, 0.1) is 13.2 Å². The first-order valence-electron chi connectivity index (χ1n) is 5.91. The number of benzene rings is 1. The monoisotopic (exact) mass is 280 g/mol. The van der Waals surface area contributed by atoms with Crippen LogP contribution in [0.3, 0.4) is 0 Å². The Bertz CT molecular complexity index is 579. The molecule has 1 unspecified atom stereocenters. The van der Waals surface area contributed by atoms with E-state index in [1.165, 1.54) is 19.2 Å². The maximum atomic E-state index is 12.2. The molecule has 1 heterocycles. The maximum Gasteiger partial charge on any atom is 0.387 e. The van der Waals surface area contributed by atoms with Crippen molar-refractivity contribution in [1.82, 2.24) is 4.98 Å². The normalized spacial score (nSPS) is 12.2. The second kappa shape index (κ2) is 6.29. The minimum Gasteiger partial charge on any atom is -0.495 e. The van der Waals surface area contributed by atoms with Gasteiger partial charge in [0.15, 0.2) is 0 Å². The molecule has 0 bridgehead atoms. The molecule has 0 aliphatic carbocycles. The van der Waals surface area contributed by atoms with E-state index in [0.29, 0.717) is 17.0 Å². The van der Waals surface area contributed by atoms with Gasteiger partial charge in [0.25, 0.3) is 0 Å². The fraction of sp³-hybridized carbons (Fsp3) is 0.214. The predicted octanol–water partition coefficient (Wildman–Crippen LogP) is 2.74. The third-order valence-corrected chi connectivity index (χ3v) is 2.76. The lowest BCUT2D eigenvalue weighted by Crippen LogP contribution is -2.15. The van der Waals surface area contributed by atoms with Crippen molar-refractivity contribution >= 4 is 0 Å². The number of nitrogens with zero attached hydrogens (tertiary/aromatic N) is 1. The van der Waals surface area contributed by atoms with E-state index in [1.807, 2.05) is 0 Å². The molecule has 6 heteroatoms. The van der Waals surface area contributed by atoms with E-state index in [2.05, 4.69) is 9.72 Å². The molecular weight excluding hydrogens is 266 g/mol. The summed E-state index contributed by atoms with van der Waals surface area (Å²) < 4.78 is 34.0. The molecule has 1 atom stereocenters. The van der Waals surface area contributed by atoms with E-state index < -0.39 is 12.7 Å². The maximum absolute atomic E-state index is 12.2. The van der Waals surface area contributed by atoms with Crippen molar-refractivity contribution in [2.24, 2.45) is 5.73 Å². The number of hydrogen-bond acceptors (Lipinski definition) is 4. The molecule has 0 amide bonds. The average molecular weight is 280 g/mol. The van der Waals surface area contributed by atoms with Crippen LogP contribution in [0.4, 0.5) is 8.78 Å². The van der Waals surface area contributed by atoms with Crippen LogP contribution in [-0.2, 0) is 0 Å². The highest BCUT2D eigenvalue weighted by Gasteiger charge is 2.16. The van der Waals surface area contributed by atoms with Gasteiger partial charge in [-0.2, -0.15) is 8.78 Å². The molecule has 1 aromatic heterocycles. The molecular formula is C14H14F2N2O2. The zero-order valence-electron chi connectivity index (χ0n) is 10.8. The summed E-state index contributed by atoms with van der Waals surface area (Å²) in [6.07, 6.45) is 1.59. The van der Waals surface area contributed by atoms with Gasteiger partial charge in [-0.05, 0) is 29.8 Å². The molecule has 0 aliphatic rings. The predicted molar refractivity (Wildman–Crippen MR) is 69.9 cm³/mol. The van der Waals surface area contributed by atoms with Crippen LogP contribution in [0.15, 0.2) is 42.6 Å². The molecule has 0 saturated heterocycles. The number of ether oxygens (including phenoxy) is 2. The molecule has 2 rings (SSSR count). The minimum atomic E-state index is -2.87. The van der Waals surface area contributed by atoms with Crippen LogP contribution in [-0.4, -0.2) is 18.7 Å². The summed E-state index contributed by atoms with van der Waals surface area (Å²) in [5.74, 6) is 0.600. The van der Waals surface area contributed by atoms with Crippen molar-refractivity contribution in [2.45, 2.75) is 12.7 Å². The molecule has 1 aromatic carbocycles. The fourth-order valence-electron chi connectivity index (χ4n) is 1.85. The van der Waals surface area contributed by atoms with Crippen molar-refractivity contribution < 1.29 is 18.3 Å². The number of nitrogens with two attached hydrogens (primary N) is 1. The van der Waals surface area contributed by atoms with E-state index in [4.69, 9.17) is 10.5 Å². The number of hydrogen-bond donors (Lipinski definition) is 1. The summed E-state index contributed by atoms with van der Waals surface area (Å²) in [6.45, 7) is -2.87. The molecule has 20 heavy (non-hydrogen) atoms. The van der Waals surface area contributed by atoms with E-state index >= 15 is 0 Å². The molecule has 0 radical (unpaired) electrons. The second-order valence-electron chi connectivity index (χ2n) is 4.02. The number of methoxy groups -OCH3 is 1. The highest BCUT2D eigenvalue weighted by Crippen LogP contribution is 2.28. The zero-order chi connectivity index (χ0) is 14.5. The van der Waals surface area contributed by atoms with E-state index in [9.17, 15) is 8.78 Å². The van der Waals surface area contributed by atoms with Gasteiger partial charge in [-0.15, -0.1) is 0 Å². The van der Waals surface area contributed by atoms with E-state index in [-0.39, 0.29) is 5.75 Å². The van der Waals surface area contributed by atoms with Gasteiger partial charge in [-0.3, -0.25) is 4.98 Å². The lowest BCUT2D eigenvalue weighted by Gasteiger charge is -2.15. The quantitative estimate of drug-likeness (QED) is 0.915. The molecule has 106 valence electrons. The lowest BCUT2D eigenvalue weighted by atomic mass is 10.0. The van der Waals surface area contributed by atoms with Gasteiger partial charge in [-0.25, -0.2) is 0 Å². The molecule has 2 aromatic rings. The van der Waals surface area contributed by atoms with Crippen LogP contribution in [0.25, 0.3) is 0 Å². The first kappa shape index (κ1) is 14.2. The Labute approximate surface area is 115 Å². The molecule has 0 aliphatic heterocycles. The van der Waals surface area contributed by atoms with Gasteiger partial charge in [0.2, 0.25) is 0 Å². The average Bonchev–Trinajstić information content (AvgIpc) is 2.46. The fourth-order valence-corrected chi connectivity index (χ4v) is 1.85. The van der Waals surface area contributed by atoms with Gasteiger partial charge in [-0.1, -0.05) is 12.1 Å². The molecule has 0 saturated carbocycles. The van der Waals surface area contributed by atoms with Gasteiger partial charge in [0.1, 0.15) is 17.2 Å². The minimum absolute atomic E-state index is 0.0582. The van der Waals surface area contributed by atoms with Crippen molar-refractivity contribution in [3.8, 4) is 11.5 Å². The molecule has 0 spiro atoms. The summed E-state index contributed by atoms with van der Waals surface area (Å²) in [5, 5.41) is 0. The van der Waals surface area contributed by atoms with Crippen LogP contribution in [0, 0.1) is 0 Å². The number of halogens is 2. The van der Waals surface area contributed by atoms with E-state index in [0.717, 1.165) is 0 Å². The number of aromatic nitrogens is 1. The third kappa shape index (κ3) is 3.21. The Balaban J connectivity index is 2.30. The number of rotatable bonds is 5. The van der Waals surface area contributed by atoms with Crippen LogP contribution in [0.1, 0.15) is 17.3 Å². The number of pyridine rings is 1. The van der Waals surface area contributed by atoms with Gasteiger partial charge in [0, 0.05) is 6.20 Å². The highest BCUT2D eigenvalue weighted by molar-refractivity contribution is 5.39. The largest absolute Gasteiger partial charge is 0.495 e. The SMILES string of the molecule is COc1cccnc1C(N)c1cccc(OC(F)F)c1. The van der Waals surface area contributed by atoms with Crippen LogP contribution >= 0.6 is 0 Å². The molecule has 2 N–H and O–H groups in total. The summed E-state index contributed by atoms with van der Waals surface area (Å²) in [5.41, 5.74) is 7.25. The van der Waals surface area contributed by atoms with Crippen molar-refractivity contribution in [2.75, 3.05) is 7.11 Å². The van der Waals surface area contributed by atoms with Gasteiger partial charge >= 0.3 is 6.61 Å². The lowest BCUT2D eigenvalue weighted by molar-refractivity contribution is -0.0498.